The van der Waals surface area contributed by atoms with E-state index in [0.717, 1.165) is 6.29 Å². The molecule has 22 heavy (non-hydrogen) atoms. The van der Waals surface area contributed by atoms with Crippen LogP contribution in [0.25, 0.3) is 0 Å². The third-order valence-corrected chi connectivity index (χ3v) is 2.40. The predicted molar refractivity (Wildman–Crippen MR) is 86.2 cm³/mol. The number of carbonyl (C=O) groups excluding carboxylic acids is 2. The molecule has 0 aliphatic rings. The van der Waals surface area contributed by atoms with Crippen LogP contribution in [0.15, 0.2) is 24.3 Å². The minimum absolute atomic E-state index is 0. The van der Waals surface area contributed by atoms with E-state index in [4.69, 9.17) is 16.6 Å². The number of nitrogens with two attached hydrogens (primary N) is 2. The van der Waals surface area contributed by atoms with E-state index in [1.807, 2.05) is 0 Å². The molecular weight excluding hydrogens is 288 g/mol. The first kappa shape index (κ1) is 22.0. The molecule has 1 amide bonds. The molecule has 0 unspecified atom stereocenters. The fraction of sp³-hybridized carbons (Fsp3) is 0.357. The molecule has 1 aromatic rings. The van der Waals surface area contributed by atoms with Crippen molar-refractivity contribution in [2.45, 2.75) is 25.8 Å². The van der Waals surface area contributed by atoms with E-state index >= 15 is 0 Å². The Morgan fingerprint density at radius 3 is 2.27 bits per heavy atom. The zero-order chi connectivity index (χ0) is 16.3. The van der Waals surface area contributed by atoms with Crippen molar-refractivity contribution >= 4 is 23.9 Å². The fourth-order valence-electron chi connectivity index (χ4n) is 1.31. The lowest BCUT2D eigenvalue weighted by molar-refractivity contribution is -0.138. The molecule has 1 aromatic carbocycles. The summed E-state index contributed by atoms with van der Waals surface area (Å²) in [7, 11) is 0. The molecule has 1 atom stereocenters. The van der Waals surface area contributed by atoms with Crippen LogP contribution in [0.4, 0.5) is 5.69 Å². The summed E-state index contributed by atoms with van der Waals surface area (Å²) in [6.45, 7) is 1.94. The SMILES string of the molecule is CC(=O)Nc1ccc(C=O)cc1.N.NCCC[C@H](N)C(=O)O.[H+]. The third kappa shape index (κ3) is 10.5. The van der Waals surface area contributed by atoms with Crippen molar-refractivity contribution in [2.24, 2.45) is 11.5 Å². The number of aliphatic carboxylic acids is 1. The number of amides is 1. The number of nitrogens with one attached hydrogen (secondary N) is 1. The number of rotatable bonds is 6. The lowest BCUT2D eigenvalue weighted by atomic mass is 10.2. The lowest BCUT2D eigenvalue weighted by Crippen LogP contribution is -2.30. The van der Waals surface area contributed by atoms with Crippen LogP contribution in [0.2, 0.25) is 0 Å². The second-order valence-corrected chi connectivity index (χ2v) is 4.30. The number of carboxylic acids is 1. The Hall–Kier alpha value is -2.29. The monoisotopic (exact) mass is 313 g/mol. The van der Waals surface area contributed by atoms with E-state index in [1.54, 1.807) is 24.3 Å². The van der Waals surface area contributed by atoms with Gasteiger partial charge in [-0.15, -0.1) is 0 Å². The minimum Gasteiger partial charge on any atom is -0.480 e. The van der Waals surface area contributed by atoms with Crippen molar-refractivity contribution < 1.29 is 20.9 Å². The summed E-state index contributed by atoms with van der Waals surface area (Å²) in [5.74, 6) is -1.07. The van der Waals surface area contributed by atoms with Crippen molar-refractivity contribution in [1.82, 2.24) is 6.15 Å². The summed E-state index contributed by atoms with van der Waals surface area (Å²) in [6, 6.07) is 5.93. The topological polar surface area (TPSA) is 171 Å². The predicted octanol–water partition coefficient (Wildman–Crippen LogP) is 0.869. The first-order chi connectivity index (χ1) is 9.90. The molecule has 9 N–H and O–H groups in total. The van der Waals surface area contributed by atoms with Crippen LogP contribution in [0.1, 0.15) is 31.6 Å². The summed E-state index contributed by atoms with van der Waals surface area (Å²) < 4.78 is 0. The molecule has 0 aliphatic carbocycles. The molecule has 0 radical (unpaired) electrons. The highest BCUT2D eigenvalue weighted by Crippen LogP contribution is 2.07. The summed E-state index contributed by atoms with van der Waals surface area (Å²) >= 11 is 0. The summed E-state index contributed by atoms with van der Waals surface area (Å²) in [4.78, 5) is 30.9. The van der Waals surface area contributed by atoms with E-state index < -0.39 is 12.0 Å². The maximum absolute atomic E-state index is 10.6. The van der Waals surface area contributed by atoms with Gasteiger partial charge in [-0.2, -0.15) is 0 Å². The first-order valence-corrected chi connectivity index (χ1v) is 6.42. The highest BCUT2D eigenvalue weighted by molar-refractivity contribution is 5.89. The van der Waals surface area contributed by atoms with E-state index in [2.05, 4.69) is 5.32 Å². The van der Waals surface area contributed by atoms with Gasteiger partial charge < -0.3 is 28.0 Å². The number of carbonyl (C=O) groups is 3. The zero-order valence-electron chi connectivity index (χ0n) is 13.6. The van der Waals surface area contributed by atoms with Gasteiger partial charge in [0.2, 0.25) is 5.91 Å². The van der Waals surface area contributed by atoms with Gasteiger partial charge in [0.25, 0.3) is 0 Å². The van der Waals surface area contributed by atoms with E-state index in [-0.39, 0.29) is 13.5 Å². The highest BCUT2D eigenvalue weighted by atomic mass is 16.4. The van der Waals surface area contributed by atoms with Crippen molar-refractivity contribution in [3.63, 3.8) is 0 Å². The maximum atomic E-state index is 10.6. The van der Waals surface area contributed by atoms with Crippen LogP contribution < -0.4 is 22.9 Å². The first-order valence-electron chi connectivity index (χ1n) is 6.42. The van der Waals surface area contributed by atoms with Gasteiger partial charge in [0.05, 0.1) is 0 Å². The van der Waals surface area contributed by atoms with Gasteiger partial charge >= 0.3 is 7.40 Å². The molecule has 8 nitrogen and oxygen atoms in total. The Morgan fingerprint density at radius 2 is 1.91 bits per heavy atom. The van der Waals surface area contributed by atoms with Gasteiger partial charge in [0, 0.05) is 18.2 Å². The fourth-order valence-corrected chi connectivity index (χ4v) is 1.31. The number of anilines is 1. The Morgan fingerprint density at radius 1 is 1.36 bits per heavy atom. The van der Waals surface area contributed by atoms with Crippen molar-refractivity contribution in [3.05, 3.63) is 29.8 Å². The van der Waals surface area contributed by atoms with Crippen LogP contribution in [0.3, 0.4) is 0 Å². The molecule has 124 valence electrons. The third-order valence-electron chi connectivity index (χ3n) is 2.40. The molecule has 1 rings (SSSR count). The maximum Gasteiger partial charge on any atom is 1.00 e. The highest BCUT2D eigenvalue weighted by Gasteiger charge is 2.08. The van der Waals surface area contributed by atoms with Crippen molar-refractivity contribution in [1.29, 1.82) is 0 Å². The standard InChI is InChI=1S/C9H9NO2.C5H12N2O2.H3N/c1-7(12)10-9-4-2-8(6-11)3-5-9;6-3-1-2-4(7)5(8)9;/h2-6H,1H3,(H,10,12);4H,1-3,6-7H2,(H,8,9);1H3/p+1/t;4-;/m.0./s1. The molecular formula is C14H25N4O4+. The largest absolute Gasteiger partial charge is 1.00 e. The average Bonchev–Trinajstić information content (AvgIpc) is 2.45. The average molecular weight is 313 g/mol. The van der Waals surface area contributed by atoms with E-state index in [9.17, 15) is 14.4 Å². The Kier molecular flexibility index (Phi) is 12.4. The van der Waals surface area contributed by atoms with Gasteiger partial charge in [0.15, 0.2) is 0 Å². The summed E-state index contributed by atoms with van der Waals surface area (Å²) in [5.41, 5.74) is 11.6. The van der Waals surface area contributed by atoms with Crippen LogP contribution in [0, 0.1) is 0 Å². The van der Waals surface area contributed by atoms with Crippen LogP contribution in [0.5, 0.6) is 0 Å². The van der Waals surface area contributed by atoms with Gasteiger partial charge in [0.1, 0.15) is 12.3 Å². The molecule has 0 aromatic heterocycles. The number of carboxylic acid groups (broad SMARTS) is 1. The molecule has 0 saturated heterocycles. The zero-order valence-corrected chi connectivity index (χ0v) is 12.6. The number of benzene rings is 1. The number of hydrogen-bond donors (Lipinski definition) is 5. The Balaban J connectivity index is -0.000000332. The second kappa shape index (κ2) is 12.5. The van der Waals surface area contributed by atoms with Gasteiger partial charge in [-0.3, -0.25) is 14.4 Å². The molecule has 8 heteroatoms. The minimum atomic E-state index is -0.955. The second-order valence-electron chi connectivity index (χ2n) is 4.30. The van der Waals surface area contributed by atoms with Crippen molar-refractivity contribution in [2.75, 3.05) is 11.9 Å². The quantitative estimate of drug-likeness (QED) is 0.485. The van der Waals surface area contributed by atoms with Crippen LogP contribution >= 0.6 is 0 Å². The normalized spacial score (nSPS) is 10.3. The lowest BCUT2D eigenvalue weighted by Gasteiger charge is -2.02. The van der Waals surface area contributed by atoms with E-state index in [1.165, 1.54) is 6.92 Å². The number of aldehydes is 1. The molecule has 0 bridgehead atoms. The summed E-state index contributed by atoms with van der Waals surface area (Å²) in [6.07, 6.45) is 1.90. The van der Waals surface area contributed by atoms with Crippen LogP contribution in [-0.2, 0) is 9.59 Å². The Bertz CT molecular complexity index is 468. The van der Waals surface area contributed by atoms with E-state index in [0.29, 0.717) is 30.6 Å². The molecule has 0 saturated carbocycles. The van der Waals surface area contributed by atoms with Gasteiger partial charge in [-0.1, -0.05) is 0 Å². The van der Waals surface area contributed by atoms with Gasteiger partial charge in [-0.25, -0.2) is 0 Å². The van der Waals surface area contributed by atoms with Gasteiger partial charge in [-0.05, 0) is 43.7 Å². The van der Waals surface area contributed by atoms with Crippen molar-refractivity contribution in [3.8, 4) is 0 Å². The molecule has 0 spiro atoms. The molecule has 0 aliphatic heterocycles. The molecule has 0 heterocycles. The summed E-state index contributed by atoms with van der Waals surface area (Å²) in [5, 5.41) is 10.8. The van der Waals surface area contributed by atoms with Crippen LogP contribution in [-0.4, -0.2) is 35.9 Å². The molecule has 0 fully saturated rings. The smallest absolute Gasteiger partial charge is 0.480 e. The number of hydrogen-bond acceptors (Lipinski definition) is 6. The Labute approximate surface area is 130 Å².